The van der Waals surface area contributed by atoms with Gasteiger partial charge in [0.05, 0.1) is 17.7 Å². The minimum atomic E-state index is -1.37. The van der Waals surface area contributed by atoms with Crippen LogP contribution in [-0.4, -0.2) is 47.3 Å². The number of hydrogen-bond acceptors (Lipinski definition) is 8. The molecular formula is C16H12O9. The van der Waals surface area contributed by atoms with Crippen molar-refractivity contribution in [3.05, 3.63) is 59.0 Å². The summed E-state index contributed by atoms with van der Waals surface area (Å²) in [5, 5.41) is 17.3. The lowest BCUT2D eigenvalue weighted by molar-refractivity contribution is 0.0370. The monoisotopic (exact) mass is 348 g/mol. The van der Waals surface area contributed by atoms with E-state index >= 15 is 0 Å². The number of carboxylic acids is 1. The summed E-state index contributed by atoms with van der Waals surface area (Å²) in [4.78, 5) is 45.8. The zero-order chi connectivity index (χ0) is 18.4. The Morgan fingerprint density at radius 3 is 1.92 bits per heavy atom. The van der Waals surface area contributed by atoms with Gasteiger partial charge >= 0.3 is 23.9 Å². The van der Waals surface area contributed by atoms with Crippen LogP contribution in [0, 0.1) is 0 Å². The van der Waals surface area contributed by atoms with Crippen molar-refractivity contribution in [3.8, 4) is 0 Å². The molecule has 0 atom stereocenters. The highest BCUT2D eigenvalue weighted by Crippen LogP contribution is 2.12. The van der Waals surface area contributed by atoms with Crippen molar-refractivity contribution < 1.29 is 43.3 Å². The number of ether oxygens (including phenoxy) is 2. The molecule has 0 saturated carbocycles. The Labute approximate surface area is 140 Å². The second kappa shape index (κ2) is 7.88. The Morgan fingerprint density at radius 1 is 0.840 bits per heavy atom. The molecule has 0 amide bonds. The van der Waals surface area contributed by atoms with Crippen LogP contribution >= 0.6 is 0 Å². The number of aromatic carboxylic acids is 1. The van der Waals surface area contributed by atoms with E-state index < -0.39 is 35.4 Å². The fraction of sp³-hybridized carbons (Fsp3) is 0.125. The highest BCUT2D eigenvalue weighted by atomic mass is 16.6. The first-order chi connectivity index (χ1) is 11.9. The van der Waals surface area contributed by atoms with Crippen molar-refractivity contribution in [2.75, 3.05) is 13.2 Å². The smallest absolute Gasteiger partial charge is 0.382 e. The fourth-order valence-corrected chi connectivity index (χ4v) is 1.72. The van der Waals surface area contributed by atoms with Gasteiger partial charge in [0.2, 0.25) is 11.5 Å². The molecule has 0 bridgehead atoms. The molecule has 0 fully saturated rings. The summed E-state index contributed by atoms with van der Waals surface area (Å²) in [5.74, 6) is -5.10. The number of hydrogen-bond donors (Lipinski definition) is 2. The molecule has 1 aromatic carbocycles. The van der Waals surface area contributed by atoms with Gasteiger partial charge in [-0.1, -0.05) is 0 Å². The zero-order valence-electron chi connectivity index (χ0n) is 12.6. The van der Waals surface area contributed by atoms with Crippen LogP contribution in [0.1, 0.15) is 41.8 Å². The van der Waals surface area contributed by atoms with Crippen molar-refractivity contribution >= 4 is 23.9 Å². The number of aliphatic hydroxyl groups excluding tert-OH is 1. The van der Waals surface area contributed by atoms with Gasteiger partial charge in [-0.25, -0.2) is 19.2 Å². The topological polar surface area (TPSA) is 140 Å². The van der Waals surface area contributed by atoms with E-state index in [2.05, 4.69) is 4.74 Å². The minimum Gasteiger partial charge on any atom is -0.475 e. The lowest BCUT2D eigenvalue weighted by Crippen LogP contribution is -2.13. The maximum absolute atomic E-state index is 11.9. The zero-order valence-corrected chi connectivity index (χ0v) is 12.6. The van der Waals surface area contributed by atoms with Gasteiger partial charge in [-0.3, -0.25) is 0 Å². The summed E-state index contributed by atoms with van der Waals surface area (Å²) in [7, 11) is 0. The van der Waals surface area contributed by atoms with Crippen LogP contribution in [0.4, 0.5) is 0 Å². The Hall–Kier alpha value is -3.46. The van der Waals surface area contributed by atoms with Gasteiger partial charge in [0.1, 0.15) is 6.61 Å². The maximum Gasteiger partial charge on any atom is 0.382 e. The summed E-state index contributed by atoms with van der Waals surface area (Å²) in [5.41, 5.74) is 0.130. The predicted octanol–water partition coefficient (Wildman–Crippen LogP) is 1.12. The first-order valence-electron chi connectivity index (χ1n) is 6.90. The van der Waals surface area contributed by atoms with Gasteiger partial charge in [-0.05, 0) is 36.4 Å². The summed E-state index contributed by atoms with van der Waals surface area (Å²) in [6, 6.07) is 7.19. The van der Waals surface area contributed by atoms with E-state index in [1.807, 2.05) is 0 Å². The van der Waals surface area contributed by atoms with Crippen LogP contribution in [0.25, 0.3) is 0 Å². The molecule has 0 aliphatic rings. The molecule has 2 rings (SSSR count). The second-order valence-corrected chi connectivity index (χ2v) is 4.58. The van der Waals surface area contributed by atoms with E-state index in [4.69, 9.17) is 19.4 Å². The number of furan rings is 1. The predicted molar refractivity (Wildman–Crippen MR) is 79.2 cm³/mol. The van der Waals surface area contributed by atoms with E-state index in [1.165, 1.54) is 24.3 Å². The van der Waals surface area contributed by atoms with Gasteiger partial charge in [0, 0.05) is 0 Å². The number of benzene rings is 1. The largest absolute Gasteiger partial charge is 0.475 e. The van der Waals surface area contributed by atoms with Gasteiger partial charge < -0.3 is 24.1 Å². The van der Waals surface area contributed by atoms with Crippen LogP contribution in [-0.2, 0) is 9.47 Å². The first kappa shape index (κ1) is 17.9. The third-order valence-electron chi connectivity index (χ3n) is 2.88. The van der Waals surface area contributed by atoms with Crippen molar-refractivity contribution in [1.82, 2.24) is 0 Å². The summed E-state index contributed by atoms with van der Waals surface area (Å²) in [6.07, 6.45) is 0. The van der Waals surface area contributed by atoms with Crippen LogP contribution in [0.2, 0.25) is 0 Å². The maximum atomic E-state index is 11.9. The Kier molecular flexibility index (Phi) is 5.64. The Morgan fingerprint density at radius 2 is 1.40 bits per heavy atom. The van der Waals surface area contributed by atoms with Crippen molar-refractivity contribution in [2.24, 2.45) is 0 Å². The highest BCUT2D eigenvalue weighted by molar-refractivity contribution is 6.02. The van der Waals surface area contributed by atoms with Crippen molar-refractivity contribution in [2.45, 2.75) is 0 Å². The number of carboxylic acid groups (broad SMARTS) is 1. The highest BCUT2D eigenvalue weighted by Gasteiger charge is 2.20. The summed E-state index contributed by atoms with van der Waals surface area (Å²) in [6.45, 7) is -0.465. The lowest BCUT2D eigenvalue weighted by Gasteiger charge is -2.04. The van der Waals surface area contributed by atoms with Crippen LogP contribution in [0.3, 0.4) is 0 Å². The standard InChI is InChI=1S/C16H12O9/c17-7-8-23-14(20)9-1-3-10(4-2-9)15(21)25-16(22)12-6-5-11(24-12)13(18)19/h1-6,17H,7-8H2,(H,18,19). The number of rotatable bonds is 6. The third-order valence-corrected chi connectivity index (χ3v) is 2.88. The summed E-state index contributed by atoms with van der Waals surface area (Å²) >= 11 is 0. The van der Waals surface area contributed by atoms with Crippen LogP contribution in [0.5, 0.6) is 0 Å². The SMILES string of the molecule is O=C(OCCO)c1ccc(C(=O)OC(=O)c2ccc(C(=O)O)o2)cc1. The number of carbonyl (C=O) groups is 4. The Balaban J connectivity index is 2.01. The normalized spacial score (nSPS) is 10.1. The van der Waals surface area contributed by atoms with E-state index in [0.29, 0.717) is 0 Å². The Bertz CT molecular complexity index is 801. The molecule has 130 valence electrons. The van der Waals surface area contributed by atoms with Gasteiger partial charge in [-0.15, -0.1) is 0 Å². The molecule has 1 heterocycles. The molecule has 25 heavy (non-hydrogen) atoms. The number of carbonyl (C=O) groups excluding carboxylic acids is 3. The minimum absolute atomic E-state index is 0.0166. The molecule has 2 N–H and O–H groups in total. The molecule has 0 saturated heterocycles. The number of aliphatic hydroxyl groups is 1. The molecule has 1 aromatic heterocycles. The molecule has 0 unspecified atom stereocenters. The lowest BCUT2D eigenvalue weighted by atomic mass is 10.1. The molecule has 9 heteroatoms. The second-order valence-electron chi connectivity index (χ2n) is 4.58. The molecule has 0 aliphatic carbocycles. The summed E-state index contributed by atoms with van der Waals surface area (Å²) < 4.78 is 14.0. The molecular weight excluding hydrogens is 336 g/mol. The van der Waals surface area contributed by atoms with E-state index in [1.54, 1.807) is 0 Å². The van der Waals surface area contributed by atoms with E-state index in [-0.39, 0.29) is 24.3 Å². The average molecular weight is 348 g/mol. The van der Waals surface area contributed by atoms with Gasteiger partial charge in [-0.2, -0.15) is 0 Å². The molecule has 2 aromatic rings. The fourth-order valence-electron chi connectivity index (χ4n) is 1.72. The van der Waals surface area contributed by atoms with Gasteiger partial charge in [0.15, 0.2) is 0 Å². The van der Waals surface area contributed by atoms with Crippen molar-refractivity contribution in [3.63, 3.8) is 0 Å². The quantitative estimate of drug-likeness (QED) is 0.580. The first-order valence-corrected chi connectivity index (χ1v) is 6.90. The molecule has 9 nitrogen and oxygen atoms in total. The molecule has 0 spiro atoms. The third kappa shape index (κ3) is 4.52. The molecule has 0 radical (unpaired) electrons. The molecule has 0 aliphatic heterocycles. The van der Waals surface area contributed by atoms with E-state index in [0.717, 1.165) is 12.1 Å². The van der Waals surface area contributed by atoms with Gasteiger partial charge in [0.25, 0.3) is 0 Å². The van der Waals surface area contributed by atoms with Crippen molar-refractivity contribution in [1.29, 1.82) is 0 Å². The van der Waals surface area contributed by atoms with Crippen LogP contribution < -0.4 is 0 Å². The van der Waals surface area contributed by atoms with Crippen LogP contribution in [0.15, 0.2) is 40.8 Å². The van der Waals surface area contributed by atoms with E-state index in [9.17, 15) is 19.2 Å². The average Bonchev–Trinajstić information content (AvgIpc) is 3.10. The number of esters is 3.